The normalized spacial score (nSPS) is 17.9. The van der Waals surface area contributed by atoms with Gasteiger partial charge in [0, 0.05) is 38.1 Å². The zero-order valence-electron chi connectivity index (χ0n) is 16.6. The topological polar surface area (TPSA) is 62.7 Å². The van der Waals surface area contributed by atoms with Gasteiger partial charge in [-0.1, -0.05) is 6.07 Å². The third kappa shape index (κ3) is 5.71. The highest BCUT2D eigenvalue weighted by atomic mass is 16.6. The molecule has 144 valence electrons. The number of carbonyl (C=O) groups is 2. The first-order valence-corrected chi connectivity index (χ1v) is 9.34. The number of amides is 2. The first-order valence-electron chi connectivity index (χ1n) is 9.34. The summed E-state index contributed by atoms with van der Waals surface area (Å²) in [6.07, 6.45) is 4.79. The zero-order valence-corrected chi connectivity index (χ0v) is 16.6. The van der Waals surface area contributed by atoms with E-state index in [1.807, 2.05) is 51.7 Å². The Kier molecular flexibility index (Phi) is 6.62. The minimum Gasteiger partial charge on any atom is -0.444 e. The number of ether oxygens (including phenoxy) is 1. The van der Waals surface area contributed by atoms with E-state index in [0.717, 1.165) is 18.4 Å². The summed E-state index contributed by atoms with van der Waals surface area (Å²) < 4.78 is 5.46. The molecule has 2 heterocycles. The predicted octanol–water partition coefficient (Wildman–Crippen LogP) is 3.47. The van der Waals surface area contributed by atoms with Crippen LogP contribution in [0.15, 0.2) is 24.5 Å². The second-order valence-electron chi connectivity index (χ2n) is 8.19. The molecule has 6 nitrogen and oxygen atoms in total. The van der Waals surface area contributed by atoms with Crippen LogP contribution in [0.25, 0.3) is 0 Å². The summed E-state index contributed by atoms with van der Waals surface area (Å²) in [7, 11) is 0. The van der Waals surface area contributed by atoms with Crippen molar-refractivity contribution in [1.29, 1.82) is 0 Å². The molecule has 0 bridgehead atoms. The lowest BCUT2D eigenvalue weighted by molar-refractivity contribution is -0.139. The van der Waals surface area contributed by atoms with E-state index in [2.05, 4.69) is 4.98 Å². The lowest BCUT2D eigenvalue weighted by Crippen LogP contribution is -2.49. The van der Waals surface area contributed by atoms with Crippen molar-refractivity contribution in [3.8, 4) is 0 Å². The second-order valence-corrected chi connectivity index (χ2v) is 8.19. The maximum atomic E-state index is 13.1. The van der Waals surface area contributed by atoms with Crippen LogP contribution in [0.3, 0.4) is 0 Å². The van der Waals surface area contributed by atoms with Crippen LogP contribution in [0.5, 0.6) is 0 Å². The summed E-state index contributed by atoms with van der Waals surface area (Å²) in [5, 5.41) is 0. The van der Waals surface area contributed by atoms with Crippen LogP contribution < -0.4 is 0 Å². The van der Waals surface area contributed by atoms with Crippen LogP contribution in [-0.4, -0.2) is 51.5 Å². The Morgan fingerprint density at radius 3 is 2.69 bits per heavy atom. The van der Waals surface area contributed by atoms with E-state index in [1.165, 1.54) is 0 Å². The molecular weight excluding hydrogens is 330 g/mol. The molecule has 1 atom stereocenters. The summed E-state index contributed by atoms with van der Waals surface area (Å²) >= 11 is 0. The Bertz CT molecular complexity index is 610. The number of hydrogen-bond donors (Lipinski definition) is 0. The molecule has 1 aromatic heterocycles. The standard InChI is InChI=1S/C20H31N3O3/c1-15(2)23(13-16-8-6-10-21-12-16)18(24)17-9-7-11-22(14-17)19(25)26-20(3,4)5/h6,8,10,12,15,17H,7,9,11,13-14H2,1-5H3/t17-/m0/s1. The van der Waals surface area contributed by atoms with E-state index in [0.29, 0.717) is 19.6 Å². The first-order chi connectivity index (χ1) is 12.2. The van der Waals surface area contributed by atoms with Crippen LogP contribution in [0.2, 0.25) is 0 Å². The molecule has 0 radical (unpaired) electrons. The highest BCUT2D eigenvalue weighted by Gasteiger charge is 2.33. The molecule has 1 aliphatic rings. The van der Waals surface area contributed by atoms with E-state index < -0.39 is 5.60 Å². The number of aromatic nitrogens is 1. The summed E-state index contributed by atoms with van der Waals surface area (Å²) in [6.45, 7) is 11.2. The molecule has 1 fully saturated rings. The highest BCUT2D eigenvalue weighted by molar-refractivity contribution is 5.80. The van der Waals surface area contributed by atoms with Gasteiger partial charge >= 0.3 is 6.09 Å². The monoisotopic (exact) mass is 361 g/mol. The van der Waals surface area contributed by atoms with Crippen LogP contribution >= 0.6 is 0 Å². The quantitative estimate of drug-likeness (QED) is 0.824. The lowest BCUT2D eigenvalue weighted by Gasteiger charge is -2.37. The fourth-order valence-electron chi connectivity index (χ4n) is 3.11. The van der Waals surface area contributed by atoms with Crippen molar-refractivity contribution >= 4 is 12.0 Å². The number of rotatable bonds is 4. The second kappa shape index (κ2) is 8.52. The molecule has 0 N–H and O–H groups in total. The Labute approximate surface area is 156 Å². The largest absolute Gasteiger partial charge is 0.444 e. The third-order valence-electron chi connectivity index (χ3n) is 4.40. The Morgan fingerprint density at radius 1 is 1.38 bits per heavy atom. The molecule has 1 aliphatic heterocycles. The van der Waals surface area contributed by atoms with Crippen LogP contribution in [0.1, 0.15) is 53.0 Å². The van der Waals surface area contributed by atoms with Crippen LogP contribution in [-0.2, 0) is 16.1 Å². The van der Waals surface area contributed by atoms with Crippen LogP contribution in [0.4, 0.5) is 4.79 Å². The molecule has 2 rings (SSSR count). The van der Waals surface area contributed by atoms with Crippen molar-refractivity contribution in [2.24, 2.45) is 5.92 Å². The number of nitrogens with zero attached hydrogens (tertiary/aromatic N) is 3. The van der Waals surface area contributed by atoms with Crippen molar-refractivity contribution in [3.05, 3.63) is 30.1 Å². The van der Waals surface area contributed by atoms with Gasteiger partial charge < -0.3 is 14.5 Å². The summed E-state index contributed by atoms with van der Waals surface area (Å²) in [4.78, 5) is 33.1. The molecule has 0 unspecified atom stereocenters. The Balaban J connectivity index is 2.04. The minimum atomic E-state index is -0.529. The number of carbonyl (C=O) groups excluding carboxylic acids is 2. The van der Waals surface area contributed by atoms with E-state index in [-0.39, 0.29) is 24.0 Å². The summed E-state index contributed by atoms with van der Waals surface area (Å²) in [5.74, 6) is -0.0903. The van der Waals surface area contributed by atoms with Gasteiger partial charge in [0.05, 0.1) is 5.92 Å². The van der Waals surface area contributed by atoms with E-state index in [4.69, 9.17) is 4.74 Å². The van der Waals surface area contributed by atoms with E-state index in [9.17, 15) is 9.59 Å². The first kappa shape index (κ1) is 20.2. The van der Waals surface area contributed by atoms with Gasteiger partial charge in [-0.15, -0.1) is 0 Å². The zero-order chi connectivity index (χ0) is 19.3. The minimum absolute atomic E-state index is 0.0830. The molecule has 2 amide bonds. The fourth-order valence-corrected chi connectivity index (χ4v) is 3.11. The van der Waals surface area contributed by atoms with Crippen molar-refractivity contribution in [3.63, 3.8) is 0 Å². The SMILES string of the molecule is CC(C)N(Cc1cccnc1)C(=O)[C@H]1CCCN(C(=O)OC(C)(C)C)C1. The maximum absolute atomic E-state index is 13.1. The number of hydrogen-bond acceptors (Lipinski definition) is 4. The smallest absolute Gasteiger partial charge is 0.410 e. The van der Waals surface area contributed by atoms with Crippen molar-refractivity contribution in [2.75, 3.05) is 13.1 Å². The van der Waals surface area contributed by atoms with Gasteiger partial charge in [0.1, 0.15) is 5.60 Å². The lowest BCUT2D eigenvalue weighted by atomic mass is 9.96. The average molecular weight is 361 g/mol. The molecule has 1 saturated heterocycles. The third-order valence-corrected chi connectivity index (χ3v) is 4.40. The number of likely N-dealkylation sites (tertiary alicyclic amines) is 1. The summed E-state index contributed by atoms with van der Waals surface area (Å²) in [5.41, 5.74) is 0.479. The van der Waals surface area contributed by atoms with Gasteiger partial charge in [0.15, 0.2) is 0 Å². The molecular formula is C20H31N3O3. The van der Waals surface area contributed by atoms with E-state index >= 15 is 0 Å². The molecule has 26 heavy (non-hydrogen) atoms. The fraction of sp³-hybridized carbons (Fsp3) is 0.650. The molecule has 0 aromatic carbocycles. The van der Waals surface area contributed by atoms with Gasteiger partial charge in [0.25, 0.3) is 0 Å². The predicted molar refractivity (Wildman–Crippen MR) is 100 cm³/mol. The maximum Gasteiger partial charge on any atom is 0.410 e. The van der Waals surface area contributed by atoms with Crippen molar-refractivity contribution in [1.82, 2.24) is 14.8 Å². The Hall–Kier alpha value is -2.11. The molecule has 0 spiro atoms. The molecule has 0 saturated carbocycles. The molecule has 0 aliphatic carbocycles. The average Bonchev–Trinajstić information content (AvgIpc) is 2.58. The van der Waals surface area contributed by atoms with Gasteiger partial charge in [-0.25, -0.2) is 4.79 Å². The molecule has 6 heteroatoms. The van der Waals surface area contributed by atoms with Gasteiger partial charge in [-0.2, -0.15) is 0 Å². The number of piperidine rings is 1. The Morgan fingerprint density at radius 2 is 2.12 bits per heavy atom. The summed E-state index contributed by atoms with van der Waals surface area (Å²) in [6, 6.07) is 3.94. The van der Waals surface area contributed by atoms with Crippen molar-refractivity contribution in [2.45, 2.75) is 65.6 Å². The molecule has 1 aromatic rings. The van der Waals surface area contributed by atoms with Gasteiger partial charge in [-0.3, -0.25) is 9.78 Å². The van der Waals surface area contributed by atoms with Crippen molar-refractivity contribution < 1.29 is 14.3 Å². The van der Waals surface area contributed by atoms with Gasteiger partial charge in [-0.05, 0) is 59.1 Å². The van der Waals surface area contributed by atoms with Crippen LogP contribution in [0, 0.1) is 5.92 Å². The van der Waals surface area contributed by atoms with E-state index in [1.54, 1.807) is 17.3 Å². The van der Waals surface area contributed by atoms with Gasteiger partial charge in [0.2, 0.25) is 5.91 Å². The number of pyridine rings is 1. The highest BCUT2D eigenvalue weighted by Crippen LogP contribution is 2.23.